The Kier molecular flexibility index (Phi) is 10.3. The zero-order valence-corrected chi connectivity index (χ0v) is 30.5. The van der Waals surface area contributed by atoms with Crippen molar-refractivity contribution in [1.29, 1.82) is 0 Å². The lowest BCUT2D eigenvalue weighted by Gasteiger charge is -2.35. The predicted octanol–water partition coefficient (Wildman–Crippen LogP) is 4.93. The number of aromatic nitrogens is 6. The van der Waals surface area contributed by atoms with Gasteiger partial charge in [0.05, 0.1) is 0 Å². The molecule has 284 valence electrons. The molecule has 2 fully saturated rings. The smallest absolute Gasteiger partial charge is 0.290 e. The van der Waals surface area contributed by atoms with Crippen molar-refractivity contribution in [2.24, 2.45) is 11.8 Å². The second kappa shape index (κ2) is 15.6. The number of hydrogen-bond acceptors (Lipinski definition) is 13. The maximum Gasteiger partial charge on any atom is 0.290 e. The van der Waals surface area contributed by atoms with E-state index < -0.39 is 6.10 Å². The number of halogens is 1. The van der Waals surface area contributed by atoms with E-state index in [-0.39, 0.29) is 65.6 Å². The van der Waals surface area contributed by atoms with Crippen LogP contribution in [0.15, 0.2) is 74.1 Å². The molecule has 55 heavy (non-hydrogen) atoms. The first-order valence-corrected chi connectivity index (χ1v) is 18.9. The van der Waals surface area contributed by atoms with E-state index in [1.54, 1.807) is 25.1 Å². The van der Waals surface area contributed by atoms with E-state index in [1.807, 2.05) is 24.3 Å². The maximum absolute atomic E-state index is 13.2. The lowest BCUT2D eigenvalue weighted by molar-refractivity contribution is 0.0842. The zero-order valence-electron chi connectivity index (χ0n) is 29.6. The van der Waals surface area contributed by atoms with Crippen LogP contribution < -0.4 is 10.6 Å². The number of nitrogens with zero attached hydrogens (tertiary/aromatic N) is 6. The summed E-state index contributed by atoms with van der Waals surface area (Å²) in [5.41, 5.74) is 3.11. The Balaban J connectivity index is 0.774. The van der Waals surface area contributed by atoms with Gasteiger partial charge in [0.15, 0.2) is 5.01 Å². The number of amides is 2. The molecule has 0 bridgehead atoms. The Labute approximate surface area is 317 Å². The summed E-state index contributed by atoms with van der Waals surface area (Å²) < 4.78 is 29.6. The molecule has 4 aromatic heterocycles. The monoisotopic (exact) mass is 769 g/mol. The predicted molar refractivity (Wildman–Crippen MR) is 194 cm³/mol. The largest absolute Gasteiger partial charge is 0.438 e. The first kappa shape index (κ1) is 36.3. The highest BCUT2D eigenvalue weighted by atomic mass is 32.1. The van der Waals surface area contributed by atoms with Crippen LogP contribution >= 0.6 is 11.3 Å². The normalized spacial score (nSPS) is 20.3. The molecule has 17 heteroatoms. The number of benzene rings is 2. The minimum Gasteiger partial charge on any atom is -0.438 e. The van der Waals surface area contributed by atoms with E-state index in [0.717, 1.165) is 40.4 Å². The van der Waals surface area contributed by atoms with Crippen molar-refractivity contribution >= 4 is 23.2 Å². The Hall–Kier alpha value is -5.65. The average molecular weight is 770 g/mol. The number of nitrogens with one attached hydrogen (secondary N) is 2. The molecule has 2 atom stereocenters. The van der Waals surface area contributed by atoms with Crippen molar-refractivity contribution in [3.8, 4) is 22.5 Å². The number of aliphatic hydroxyl groups excluding tert-OH is 1. The fourth-order valence-corrected chi connectivity index (χ4v) is 7.78. The van der Waals surface area contributed by atoms with Gasteiger partial charge in [0, 0.05) is 61.5 Å². The molecule has 15 nitrogen and oxygen atoms in total. The molecule has 2 aliphatic rings. The molecule has 0 radical (unpaired) electrons. The van der Waals surface area contributed by atoms with Crippen LogP contribution in [0, 0.1) is 17.7 Å². The van der Waals surface area contributed by atoms with E-state index in [9.17, 15) is 19.1 Å². The third kappa shape index (κ3) is 8.53. The third-order valence-corrected chi connectivity index (χ3v) is 11.1. The van der Waals surface area contributed by atoms with Crippen molar-refractivity contribution in [3.05, 3.63) is 105 Å². The molecule has 2 aliphatic carbocycles. The van der Waals surface area contributed by atoms with Crippen molar-refractivity contribution in [1.82, 2.24) is 41.3 Å². The van der Waals surface area contributed by atoms with Crippen molar-refractivity contribution in [3.63, 3.8) is 0 Å². The van der Waals surface area contributed by atoms with E-state index >= 15 is 0 Å². The summed E-state index contributed by atoms with van der Waals surface area (Å²) in [4.78, 5) is 25.6. The molecule has 8 rings (SSSR count). The summed E-state index contributed by atoms with van der Waals surface area (Å²) in [5, 5.41) is 50.8. The highest BCUT2D eigenvalue weighted by molar-refractivity contribution is 7.11. The van der Waals surface area contributed by atoms with Gasteiger partial charge in [-0.15, -0.1) is 20.4 Å². The first-order chi connectivity index (χ1) is 26.6. The zero-order chi connectivity index (χ0) is 38.1. The summed E-state index contributed by atoms with van der Waals surface area (Å²) >= 11 is 1.48. The SMILES string of the molecule is C[C@@H]([OH2+])c1nnc(CC2CC(NC(=O)c3cc(-c4cccc(C[C@@H](O)c5nnc(CC6CC(NC(=O)c7cc(-c8ccc(F)cc8)no7)C6)o5)c4)no3)C2)s1. The Bertz CT molecular complexity index is 2270. The van der Waals surface area contributed by atoms with Crippen LogP contribution in [0.2, 0.25) is 0 Å². The number of rotatable bonds is 14. The van der Waals surface area contributed by atoms with Crippen LogP contribution in [0.25, 0.3) is 22.5 Å². The second-order valence-corrected chi connectivity index (χ2v) is 15.4. The molecule has 4 heterocycles. The van der Waals surface area contributed by atoms with Gasteiger partial charge < -0.3 is 34.3 Å². The van der Waals surface area contributed by atoms with E-state index in [1.165, 1.54) is 29.5 Å². The van der Waals surface area contributed by atoms with Gasteiger partial charge in [-0.25, -0.2) is 4.39 Å². The van der Waals surface area contributed by atoms with Gasteiger partial charge in [0.1, 0.15) is 28.3 Å². The van der Waals surface area contributed by atoms with E-state index in [4.69, 9.17) is 18.6 Å². The van der Waals surface area contributed by atoms with Gasteiger partial charge in [0.25, 0.3) is 11.8 Å². The lowest BCUT2D eigenvalue weighted by Crippen LogP contribution is -2.44. The highest BCUT2D eigenvalue weighted by Gasteiger charge is 2.34. The maximum atomic E-state index is 13.2. The molecule has 0 saturated heterocycles. The molecule has 0 spiro atoms. The molecular weight excluding hydrogens is 732 g/mol. The minimum absolute atomic E-state index is 0.0404. The second-order valence-electron chi connectivity index (χ2n) is 14.3. The molecule has 2 aromatic carbocycles. The minimum atomic E-state index is -1.04. The van der Waals surface area contributed by atoms with Crippen molar-refractivity contribution in [2.75, 3.05) is 0 Å². The molecule has 2 amide bonds. The van der Waals surface area contributed by atoms with Crippen LogP contribution in [-0.4, -0.2) is 64.8 Å². The number of carbonyl (C=O) groups excluding carboxylic acids is 2. The van der Waals surface area contributed by atoms with Crippen LogP contribution in [0.3, 0.4) is 0 Å². The summed E-state index contributed by atoms with van der Waals surface area (Å²) in [5.74, 6) is 0.284. The fraction of sp³-hybridized carbons (Fsp3) is 0.368. The third-order valence-electron chi connectivity index (χ3n) is 9.95. The van der Waals surface area contributed by atoms with Crippen LogP contribution in [0.5, 0.6) is 0 Å². The molecule has 2 saturated carbocycles. The average Bonchev–Trinajstić information content (AvgIpc) is 3.98. The molecule has 6 aromatic rings. The topological polar surface area (TPSA) is 218 Å². The van der Waals surface area contributed by atoms with Gasteiger partial charge in [-0.1, -0.05) is 39.8 Å². The van der Waals surface area contributed by atoms with Gasteiger partial charge in [0.2, 0.25) is 29.4 Å². The standard InChI is InChI=1S/C38H37FN8O7S/c1-19(48)38-45-43-34(55-38)16-22-12-27(13-22)41-36(51)32-18-29(47-54-32)24-4-2-3-20(9-24)14-30(49)37-44-42-33(52-37)15-21-10-26(11-21)40-35(50)31-17-28(46-53-31)23-5-7-25(39)8-6-23/h2-9,17-19,21-22,26-27,30,48-49H,10-16H2,1H3,(H,40,50)(H,41,51)/p+1/t19-,21?,22?,26?,27?,30-/m1/s1. The van der Waals surface area contributed by atoms with Crippen LogP contribution in [0.1, 0.15) is 93.3 Å². The van der Waals surface area contributed by atoms with Gasteiger partial charge in [-0.2, -0.15) is 0 Å². The highest BCUT2D eigenvalue weighted by Crippen LogP contribution is 2.34. The summed E-state index contributed by atoms with van der Waals surface area (Å²) in [6.45, 7) is 1.78. The molecule has 5 N–H and O–H groups in total. The lowest BCUT2D eigenvalue weighted by atomic mass is 9.78. The number of hydrogen-bond donors (Lipinski definition) is 3. The number of aliphatic hydroxyl groups is 1. The summed E-state index contributed by atoms with van der Waals surface area (Å²) in [6.07, 6.45) is 3.20. The van der Waals surface area contributed by atoms with Gasteiger partial charge in [-0.05, 0) is 73.4 Å². The van der Waals surface area contributed by atoms with Crippen LogP contribution in [0.4, 0.5) is 4.39 Å². The Morgan fingerprint density at radius 3 is 2.13 bits per heavy atom. The molecule has 0 aliphatic heterocycles. The summed E-state index contributed by atoms with van der Waals surface area (Å²) in [7, 11) is 0. The quantitative estimate of drug-likeness (QED) is 0.126. The van der Waals surface area contributed by atoms with E-state index in [2.05, 4.69) is 41.3 Å². The number of carbonyl (C=O) groups is 2. The van der Waals surface area contributed by atoms with Crippen molar-refractivity contribution < 1.29 is 37.7 Å². The van der Waals surface area contributed by atoms with Crippen LogP contribution in [-0.2, 0) is 19.3 Å². The first-order valence-electron chi connectivity index (χ1n) is 18.1. The van der Waals surface area contributed by atoms with E-state index in [0.29, 0.717) is 48.0 Å². The van der Waals surface area contributed by atoms with Crippen molar-refractivity contribution in [2.45, 2.75) is 76.2 Å². The van der Waals surface area contributed by atoms with Gasteiger partial charge in [-0.3, -0.25) is 9.59 Å². The van der Waals surface area contributed by atoms with Gasteiger partial charge >= 0.3 is 0 Å². The fourth-order valence-electron chi connectivity index (χ4n) is 6.88. The summed E-state index contributed by atoms with van der Waals surface area (Å²) in [6, 6.07) is 16.3. The Morgan fingerprint density at radius 2 is 1.49 bits per heavy atom. The molecule has 0 unspecified atom stereocenters. The Morgan fingerprint density at radius 1 is 0.855 bits per heavy atom. The molecular formula is C38H38FN8O7S+.